The summed E-state index contributed by atoms with van der Waals surface area (Å²) in [5, 5.41) is 5.80. The maximum atomic E-state index is 13.6. The molecule has 37 heavy (non-hydrogen) atoms. The van der Waals surface area contributed by atoms with Crippen molar-refractivity contribution in [3.05, 3.63) is 65.9 Å². The van der Waals surface area contributed by atoms with Crippen molar-refractivity contribution in [3.63, 3.8) is 0 Å². The second kappa shape index (κ2) is 14.4. The molecular weight excluding hydrogens is 477 g/mol. The summed E-state index contributed by atoms with van der Waals surface area (Å²) < 4.78 is 46.6. The van der Waals surface area contributed by atoms with Gasteiger partial charge in [-0.2, -0.15) is 18.2 Å². The van der Waals surface area contributed by atoms with E-state index in [1.54, 1.807) is 24.3 Å². The quantitative estimate of drug-likeness (QED) is 0.198. The number of benzene rings is 2. The third kappa shape index (κ3) is 9.59. The van der Waals surface area contributed by atoms with Gasteiger partial charge in [0.25, 0.3) is 0 Å². The lowest BCUT2D eigenvalue weighted by Crippen LogP contribution is -2.12. The fourth-order valence-electron chi connectivity index (χ4n) is 3.87. The van der Waals surface area contributed by atoms with Crippen molar-refractivity contribution in [1.82, 2.24) is 9.97 Å². The van der Waals surface area contributed by atoms with E-state index in [2.05, 4.69) is 34.4 Å². The summed E-state index contributed by atoms with van der Waals surface area (Å²) in [5.74, 6) is 0.445. The number of unbranched alkanes of at least 4 members (excludes halogenated alkanes) is 6. The van der Waals surface area contributed by atoms with Crippen LogP contribution < -0.4 is 15.4 Å². The number of nitrogens with zero attached hydrogens (tertiary/aromatic N) is 2. The number of rotatable bonds is 15. The molecule has 3 aromatic rings. The lowest BCUT2D eigenvalue weighted by Gasteiger charge is -2.15. The van der Waals surface area contributed by atoms with Crippen LogP contribution in [0.25, 0.3) is 0 Å². The van der Waals surface area contributed by atoms with Crippen molar-refractivity contribution in [1.29, 1.82) is 0 Å². The minimum absolute atomic E-state index is 0.0817. The lowest BCUT2D eigenvalue weighted by atomic mass is 10.1. The van der Waals surface area contributed by atoms with Crippen LogP contribution in [0.4, 0.5) is 36.3 Å². The molecule has 0 amide bonds. The van der Waals surface area contributed by atoms with Gasteiger partial charge in [0, 0.05) is 17.6 Å². The molecule has 3 rings (SSSR count). The minimum Gasteiger partial charge on any atom is -0.494 e. The number of ether oxygens (including phenoxy) is 1. The van der Waals surface area contributed by atoms with Gasteiger partial charge in [0.2, 0.25) is 5.95 Å². The summed E-state index contributed by atoms with van der Waals surface area (Å²) in [7, 11) is 0. The first kappa shape index (κ1) is 28.3. The second-order valence-corrected chi connectivity index (χ2v) is 9.14. The average Bonchev–Trinajstić information content (AvgIpc) is 2.88. The molecule has 0 aliphatic rings. The summed E-state index contributed by atoms with van der Waals surface area (Å²) in [4.78, 5) is 8.04. The van der Waals surface area contributed by atoms with Crippen molar-refractivity contribution < 1.29 is 17.9 Å². The molecule has 5 nitrogen and oxygen atoms in total. The van der Waals surface area contributed by atoms with Gasteiger partial charge in [-0.15, -0.1) is 0 Å². The Bertz CT molecular complexity index is 1070. The monoisotopic (exact) mass is 514 g/mol. The molecule has 0 bridgehead atoms. The molecule has 8 heteroatoms. The molecule has 0 unspecified atom stereocenters. The number of halogens is 3. The number of aromatic nitrogens is 2. The van der Waals surface area contributed by atoms with Crippen LogP contribution in [0.15, 0.2) is 54.7 Å². The first-order valence-corrected chi connectivity index (χ1v) is 13.2. The van der Waals surface area contributed by atoms with Crippen molar-refractivity contribution >= 4 is 23.1 Å². The zero-order chi connectivity index (χ0) is 26.5. The molecule has 200 valence electrons. The third-order valence-electron chi connectivity index (χ3n) is 6.01. The molecule has 0 saturated carbocycles. The molecule has 0 saturated heterocycles. The predicted octanol–water partition coefficient (Wildman–Crippen LogP) is 9.06. The zero-order valence-electron chi connectivity index (χ0n) is 21.7. The van der Waals surface area contributed by atoms with Crippen molar-refractivity contribution in [2.24, 2.45) is 0 Å². The predicted molar refractivity (Wildman–Crippen MR) is 144 cm³/mol. The lowest BCUT2D eigenvalue weighted by molar-refractivity contribution is -0.137. The van der Waals surface area contributed by atoms with Crippen molar-refractivity contribution in [3.8, 4) is 5.75 Å². The zero-order valence-corrected chi connectivity index (χ0v) is 21.7. The standard InChI is InChI=1S/C29H37F3N4O/c1-3-5-7-9-11-22-12-14-24(15-13-22)35-28-33-21-26(29(30,31)32)27(36-28)34-23-16-18-25(19-17-23)37-20-10-8-6-4-2/h12-19,21H,3-11,20H2,1-2H3,(H2,33,34,35,36). The molecule has 2 N–H and O–H groups in total. The molecule has 0 aliphatic heterocycles. The van der Waals surface area contributed by atoms with E-state index >= 15 is 0 Å². The van der Waals surface area contributed by atoms with Crippen LogP contribution in [-0.4, -0.2) is 16.6 Å². The van der Waals surface area contributed by atoms with Crippen molar-refractivity contribution in [2.75, 3.05) is 17.2 Å². The Labute approximate surface area is 217 Å². The maximum Gasteiger partial charge on any atom is 0.421 e. The van der Waals surface area contributed by atoms with Crippen LogP contribution in [0.1, 0.15) is 76.3 Å². The average molecular weight is 515 g/mol. The number of aryl methyl sites for hydroxylation is 1. The van der Waals surface area contributed by atoms with Gasteiger partial charge in [0.05, 0.1) is 6.61 Å². The Morgan fingerprint density at radius 2 is 1.38 bits per heavy atom. The Kier molecular flexibility index (Phi) is 11.0. The van der Waals surface area contributed by atoms with E-state index in [-0.39, 0.29) is 11.8 Å². The minimum atomic E-state index is -4.60. The Morgan fingerprint density at radius 3 is 2.03 bits per heavy atom. The number of anilines is 4. The fraction of sp³-hybridized carbons (Fsp3) is 0.448. The molecule has 0 fully saturated rings. The van der Waals surface area contributed by atoms with Gasteiger partial charge < -0.3 is 15.4 Å². The van der Waals surface area contributed by atoms with E-state index in [4.69, 9.17) is 4.74 Å². The van der Waals surface area contributed by atoms with Gasteiger partial charge in [0.15, 0.2) is 0 Å². The van der Waals surface area contributed by atoms with Gasteiger partial charge in [-0.05, 0) is 61.2 Å². The summed E-state index contributed by atoms with van der Waals surface area (Å²) in [5.41, 5.74) is 1.48. The highest BCUT2D eigenvalue weighted by Crippen LogP contribution is 2.35. The molecular formula is C29H37F3N4O. The highest BCUT2D eigenvalue weighted by Gasteiger charge is 2.35. The van der Waals surface area contributed by atoms with Crippen LogP contribution >= 0.6 is 0 Å². The molecule has 1 aromatic heterocycles. The fourth-order valence-corrected chi connectivity index (χ4v) is 3.87. The first-order chi connectivity index (χ1) is 17.9. The number of alkyl halides is 3. The topological polar surface area (TPSA) is 59.1 Å². The molecule has 0 atom stereocenters. The van der Waals surface area contributed by atoms with Gasteiger partial charge in [-0.25, -0.2) is 4.98 Å². The van der Waals surface area contributed by atoms with Gasteiger partial charge in [0.1, 0.15) is 17.1 Å². The molecule has 2 aromatic carbocycles. The Balaban J connectivity index is 1.66. The molecule has 0 aliphatic carbocycles. The smallest absolute Gasteiger partial charge is 0.421 e. The summed E-state index contributed by atoms with van der Waals surface area (Å²) in [6.07, 6.45) is 6.42. The normalized spacial score (nSPS) is 11.4. The SMILES string of the molecule is CCCCCCOc1ccc(Nc2nc(Nc3ccc(CCCCCC)cc3)ncc2C(F)(F)F)cc1. The summed E-state index contributed by atoms with van der Waals surface area (Å²) in [6, 6.07) is 14.6. The highest BCUT2D eigenvalue weighted by molar-refractivity contribution is 5.63. The van der Waals surface area contributed by atoms with Crippen LogP contribution in [0.5, 0.6) is 5.75 Å². The van der Waals surface area contributed by atoms with E-state index in [1.807, 2.05) is 24.3 Å². The third-order valence-corrected chi connectivity index (χ3v) is 6.01. The summed E-state index contributed by atoms with van der Waals surface area (Å²) in [6.45, 7) is 4.96. The van der Waals surface area contributed by atoms with E-state index in [0.717, 1.165) is 38.3 Å². The van der Waals surface area contributed by atoms with Crippen LogP contribution in [-0.2, 0) is 12.6 Å². The van der Waals surface area contributed by atoms with Gasteiger partial charge >= 0.3 is 6.18 Å². The van der Waals surface area contributed by atoms with Crippen LogP contribution in [0, 0.1) is 0 Å². The van der Waals surface area contributed by atoms with E-state index < -0.39 is 11.7 Å². The number of hydrogen-bond acceptors (Lipinski definition) is 5. The largest absolute Gasteiger partial charge is 0.494 e. The van der Waals surface area contributed by atoms with E-state index in [1.165, 1.54) is 31.2 Å². The van der Waals surface area contributed by atoms with Crippen LogP contribution in [0.3, 0.4) is 0 Å². The van der Waals surface area contributed by atoms with Gasteiger partial charge in [-0.3, -0.25) is 0 Å². The highest BCUT2D eigenvalue weighted by atomic mass is 19.4. The number of hydrogen-bond donors (Lipinski definition) is 2. The second-order valence-electron chi connectivity index (χ2n) is 9.14. The summed E-state index contributed by atoms with van der Waals surface area (Å²) >= 11 is 0. The first-order valence-electron chi connectivity index (χ1n) is 13.2. The van der Waals surface area contributed by atoms with E-state index in [9.17, 15) is 13.2 Å². The van der Waals surface area contributed by atoms with Crippen molar-refractivity contribution in [2.45, 2.75) is 77.8 Å². The number of nitrogens with one attached hydrogen (secondary N) is 2. The molecule has 0 spiro atoms. The Morgan fingerprint density at radius 1 is 0.757 bits per heavy atom. The van der Waals surface area contributed by atoms with Crippen LogP contribution in [0.2, 0.25) is 0 Å². The van der Waals surface area contributed by atoms with E-state index in [0.29, 0.717) is 23.7 Å². The molecule has 1 heterocycles. The molecule has 0 radical (unpaired) electrons. The maximum absolute atomic E-state index is 13.6. The van der Waals surface area contributed by atoms with Gasteiger partial charge in [-0.1, -0.05) is 64.5 Å². The Hall–Kier alpha value is -3.29.